The van der Waals surface area contributed by atoms with Gasteiger partial charge in [0, 0.05) is 25.0 Å². The SMILES string of the molecule is CC(C)(C)Nc1nc(N2CC[C@@H](CC(N)=O)C2)c2n[nH]nc2n1. The van der Waals surface area contributed by atoms with Crippen LogP contribution in [0.3, 0.4) is 0 Å². The van der Waals surface area contributed by atoms with E-state index in [4.69, 9.17) is 5.73 Å². The van der Waals surface area contributed by atoms with Gasteiger partial charge in [-0.2, -0.15) is 20.3 Å². The number of nitrogens with zero attached hydrogens (tertiary/aromatic N) is 5. The second-order valence-corrected chi connectivity index (χ2v) is 7.01. The Morgan fingerprint density at radius 2 is 2.17 bits per heavy atom. The lowest BCUT2D eigenvalue weighted by molar-refractivity contribution is -0.118. The number of fused-ring (bicyclic) bond motifs is 1. The molecule has 1 aliphatic rings. The number of aromatic nitrogens is 5. The number of primary amides is 1. The van der Waals surface area contributed by atoms with Gasteiger partial charge in [0.05, 0.1) is 0 Å². The highest BCUT2D eigenvalue weighted by molar-refractivity contribution is 5.84. The zero-order valence-electron chi connectivity index (χ0n) is 13.6. The fourth-order valence-electron chi connectivity index (χ4n) is 2.82. The number of amides is 1. The van der Waals surface area contributed by atoms with Gasteiger partial charge in [-0.05, 0) is 33.1 Å². The van der Waals surface area contributed by atoms with Crippen LogP contribution >= 0.6 is 0 Å². The Bertz CT molecular complexity index is 719. The number of nitrogens with one attached hydrogen (secondary N) is 2. The fraction of sp³-hybridized carbons (Fsp3) is 0.643. The number of anilines is 2. The number of nitrogens with two attached hydrogens (primary N) is 1. The minimum absolute atomic E-state index is 0.159. The molecule has 9 heteroatoms. The van der Waals surface area contributed by atoms with Gasteiger partial charge in [0.2, 0.25) is 17.5 Å². The van der Waals surface area contributed by atoms with Crippen molar-refractivity contribution in [2.75, 3.05) is 23.3 Å². The molecule has 1 atom stereocenters. The first kappa shape index (κ1) is 15.4. The fourth-order valence-corrected chi connectivity index (χ4v) is 2.82. The van der Waals surface area contributed by atoms with Crippen LogP contribution in [0.25, 0.3) is 11.2 Å². The molecular formula is C14H22N8O. The average Bonchev–Trinajstić information content (AvgIpc) is 3.03. The molecule has 0 aliphatic carbocycles. The van der Waals surface area contributed by atoms with Gasteiger partial charge in [-0.3, -0.25) is 4.79 Å². The van der Waals surface area contributed by atoms with E-state index in [1.165, 1.54) is 0 Å². The summed E-state index contributed by atoms with van der Waals surface area (Å²) in [6.45, 7) is 7.67. The van der Waals surface area contributed by atoms with E-state index in [1.54, 1.807) is 0 Å². The van der Waals surface area contributed by atoms with Crippen LogP contribution in [0.2, 0.25) is 0 Å². The van der Waals surface area contributed by atoms with Crippen LogP contribution in [0, 0.1) is 5.92 Å². The van der Waals surface area contributed by atoms with Crippen molar-refractivity contribution in [3.63, 3.8) is 0 Å². The summed E-state index contributed by atoms with van der Waals surface area (Å²) in [6.07, 6.45) is 1.31. The number of carbonyl (C=O) groups is 1. The Labute approximate surface area is 134 Å². The van der Waals surface area contributed by atoms with E-state index < -0.39 is 0 Å². The standard InChI is InChI=1S/C14H22N8O/c1-14(2,3)18-13-16-11-10(19-21-20-11)12(17-13)22-5-4-8(7-22)6-9(15)23/h8H,4-7H2,1-3H3,(H2,15,23)(H2,16,17,18,19,20,21)/t8-/m0/s1. The summed E-state index contributed by atoms with van der Waals surface area (Å²) in [6, 6.07) is 0. The van der Waals surface area contributed by atoms with Gasteiger partial charge in [-0.15, -0.1) is 5.10 Å². The maximum atomic E-state index is 11.1. The van der Waals surface area contributed by atoms with Crippen LogP contribution in [-0.2, 0) is 4.79 Å². The molecule has 0 spiro atoms. The zero-order chi connectivity index (χ0) is 16.6. The third-order valence-corrected chi connectivity index (χ3v) is 3.73. The van der Waals surface area contributed by atoms with Crippen molar-refractivity contribution in [3.8, 4) is 0 Å². The first-order chi connectivity index (χ1) is 10.8. The molecular weight excluding hydrogens is 296 g/mol. The summed E-state index contributed by atoms with van der Waals surface area (Å²) in [4.78, 5) is 22.3. The van der Waals surface area contributed by atoms with Gasteiger partial charge in [-0.25, -0.2) is 0 Å². The van der Waals surface area contributed by atoms with Crippen LogP contribution in [0.5, 0.6) is 0 Å². The van der Waals surface area contributed by atoms with Crippen molar-refractivity contribution < 1.29 is 4.79 Å². The highest BCUT2D eigenvalue weighted by atomic mass is 16.1. The molecule has 2 aromatic rings. The topological polar surface area (TPSA) is 126 Å². The summed E-state index contributed by atoms with van der Waals surface area (Å²) in [5.41, 5.74) is 6.32. The zero-order valence-corrected chi connectivity index (χ0v) is 13.6. The molecule has 3 heterocycles. The Morgan fingerprint density at radius 1 is 1.39 bits per heavy atom. The van der Waals surface area contributed by atoms with E-state index in [1.807, 2.05) is 20.8 Å². The molecule has 1 amide bonds. The van der Waals surface area contributed by atoms with Crippen molar-refractivity contribution in [2.45, 2.75) is 39.2 Å². The maximum absolute atomic E-state index is 11.1. The minimum atomic E-state index is -0.263. The van der Waals surface area contributed by atoms with Gasteiger partial charge in [0.15, 0.2) is 11.3 Å². The molecule has 3 rings (SSSR count). The van der Waals surface area contributed by atoms with Crippen molar-refractivity contribution in [1.82, 2.24) is 25.4 Å². The molecule has 0 radical (unpaired) electrons. The lowest BCUT2D eigenvalue weighted by atomic mass is 10.1. The van der Waals surface area contributed by atoms with Crippen LogP contribution in [0.4, 0.5) is 11.8 Å². The quantitative estimate of drug-likeness (QED) is 0.756. The summed E-state index contributed by atoms with van der Waals surface area (Å²) in [5.74, 6) is 1.25. The van der Waals surface area contributed by atoms with E-state index in [2.05, 4.69) is 35.6 Å². The van der Waals surface area contributed by atoms with Crippen LogP contribution in [0.1, 0.15) is 33.6 Å². The second-order valence-electron chi connectivity index (χ2n) is 7.01. The normalized spacial score (nSPS) is 18.6. The molecule has 23 heavy (non-hydrogen) atoms. The first-order valence-corrected chi connectivity index (χ1v) is 7.72. The van der Waals surface area contributed by atoms with Gasteiger partial charge >= 0.3 is 0 Å². The van der Waals surface area contributed by atoms with Crippen LogP contribution in [-0.4, -0.2) is 49.9 Å². The van der Waals surface area contributed by atoms with Crippen LogP contribution < -0.4 is 16.0 Å². The number of carbonyl (C=O) groups excluding carboxylic acids is 1. The molecule has 0 aromatic carbocycles. The smallest absolute Gasteiger partial charge is 0.227 e. The molecule has 1 fully saturated rings. The predicted molar refractivity (Wildman–Crippen MR) is 87.0 cm³/mol. The van der Waals surface area contributed by atoms with Gasteiger partial charge in [-0.1, -0.05) is 0 Å². The molecule has 0 saturated carbocycles. The predicted octanol–water partition coefficient (Wildman–Crippen LogP) is 0.660. The highest BCUT2D eigenvalue weighted by Crippen LogP contribution is 2.29. The second kappa shape index (κ2) is 5.64. The number of aromatic amines is 1. The Balaban J connectivity index is 1.90. The van der Waals surface area contributed by atoms with Crippen molar-refractivity contribution in [2.24, 2.45) is 11.7 Å². The summed E-state index contributed by atoms with van der Waals surface area (Å²) in [5, 5.41) is 14.1. The van der Waals surface area contributed by atoms with E-state index in [0.29, 0.717) is 23.5 Å². The largest absolute Gasteiger partial charge is 0.370 e. The van der Waals surface area contributed by atoms with Crippen LogP contribution in [0.15, 0.2) is 0 Å². The molecule has 0 unspecified atom stereocenters. The molecule has 124 valence electrons. The van der Waals surface area contributed by atoms with Crippen molar-refractivity contribution in [1.29, 1.82) is 0 Å². The Morgan fingerprint density at radius 3 is 2.87 bits per heavy atom. The third kappa shape index (κ3) is 3.49. The molecule has 2 aromatic heterocycles. The Hall–Kier alpha value is -2.45. The van der Waals surface area contributed by atoms with Crippen molar-refractivity contribution >= 4 is 28.8 Å². The van der Waals surface area contributed by atoms with Crippen molar-refractivity contribution in [3.05, 3.63) is 0 Å². The first-order valence-electron chi connectivity index (χ1n) is 7.72. The average molecular weight is 318 g/mol. The lowest BCUT2D eigenvalue weighted by Crippen LogP contribution is -2.28. The summed E-state index contributed by atoms with van der Waals surface area (Å²) in [7, 11) is 0. The van der Waals surface area contributed by atoms with Gasteiger partial charge < -0.3 is 16.0 Å². The number of H-pyrrole nitrogens is 1. The monoisotopic (exact) mass is 318 g/mol. The summed E-state index contributed by atoms with van der Waals surface area (Å²) < 4.78 is 0. The van der Waals surface area contributed by atoms with E-state index in [-0.39, 0.29) is 17.4 Å². The van der Waals surface area contributed by atoms with Gasteiger partial charge in [0.1, 0.15) is 0 Å². The number of hydrogen-bond donors (Lipinski definition) is 3. The summed E-state index contributed by atoms with van der Waals surface area (Å²) >= 11 is 0. The maximum Gasteiger partial charge on any atom is 0.227 e. The molecule has 4 N–H and O–H groups in total. The van der Waals surface area contributed by atoms with E-state index >= 15 is 0 Å². The number of rotatable bonds is 4. The lowest BCUT2D eigenvalue weighted by Gasteiger charge is -2.22. The minimum Gasteiger partial charge on any atom is -0.370 e. The van der Waals surface area contributed by atoms with Gasteiger partial charge in [0.25, 0.3) is 0 Å². The third-order valence-electron chi connectivity index (χ3n) is 3.73. The van der Waals surface area contributed by atoms with E-state index in [9.17, 15) is 4.79 Å². The molecule has 1 saturated heterocycles. The Kier molecular flexibility index (Phi) is 3.78. The number of hydrogen-bond acceptors (Lipinski definition) is 7. The highest BCUT2D eigenvalue weighted by Gasteiger charge is 2.28. The van der Waals surface area contributed by atoms with E-state index in [0.717, 1.165) is 25.3 Å². The molecule has 1 aliphatic heterocycles. The molecule has 0 bridgehead atoms. The molecule has 9 nitrogen and oxygen atoms in total.